The largest absolute Gasteiger partial charge is 0.417 e. The average Bonchev–Trinajstić information content (AvgIpc) is 2.84. The molecule has 0 aliphatic carbocycles. The predicted molar refractivity (Wildman–Crippen MR) is 53.8 cm³/mol. The van der Waals surface area contributed by atoms with E-state index >= 15 is 0 Å². The van der Waals surface area contributed by atoms with Crippen molar-refractivity contribution in [1.82, 2.24) is 15.5 Å². The van der Waals surface area contributed by atoms with Gasteiger partial charge in [0.25, 0.3) is 0 Å². The Labute approximate surface area is 92.3 Å². The number of hydrogen-bond acceptors (Lipinski definition) is 6. The van der Waals surface area contributed by atoms with Crippen LogP contribution < -0.4 is 11.1 Å². The molecule has 1 aromatic rings. The first-order valence-corrected chi connectivity index (χ1v) is 5.06. The van der Waals surface area contributed by atoms with Crippen molar-refractivity contribution < 1.29 is 13.9 Å². The van der Waals surface area contributed by atoms with Crippen LogP contribution in [0.5, 0.6) is 0 Å². The zero-order valence-corrected chi connectivity index (χ0v) is 8.97. The van der Waals surface area contributed by atoms with Gasteiger partial charge < -0.3 is 20.2 Å². The van der Waals surface area contributed by atoms with Crippen LogP contribution in [0.2, 0.25) is 0 Å². The highest BCUT2D eigenvalue weighted by Gasteiger charge is 2.29. The first-order valence-electron chi connectivity index (χ1n) is 5.06. The molecule has 1 aliphatic heterocycles. The predicted octanol–water partition coefficient (Wildman–Crippen LogP) is -0.740. The van der Waals surface area contributed by atoms with Gasteiger partial charge in [-0.15, -0.1) is 10.2 Å². The molecule has 0 aromatic carbocycles. The minimum atomic E-state index is -0.696. The van der Waals surface area contributed by atoms with E-state index in [0.717, 1.165) is 13.0 Å². The van der Waals surface area contributed by atoms with Gasteiger partial charge >= 0.3 is 11.8 Å². The lowest BCUT2D eigenvalue weighted by molar-refractivity contribution is 0.0965. The Hall–Kier alpha value is -1.47. The van der Waals surface area contributed by atoms with Crippen LogP contribution in [0.1, 0.15) is 28.9 Å². The molecule has 1 aromatic heterocycles. The van der Waals surface area contributed by atoms with Crippen molar-refractivity contribution in [2.24, 2.45) is 5.73 Å². The molecule has 88 valence electrons. The van der Waals surface area contributed by atoms with Crippen molar-refractivity contribution in [2.75, 3.05) is 20.3 Å². The number of aromatic nitrogens is 2. The molecule has 0 radical (unpaired) electrons. The lowest BCUT2D eigenvalue weighted by Crippen LogP contribution is -2.25. The van der Waals surface area contributed by atoms with Gasteiger partial charge in [0.05, 0.1) is 12.5 Å². The first kappa shape index (κ1) is 11.0. The quantitative estimate of drug-likeness (QED) is 0.700. The molecule has 0 saturated carbocycles. The van der Waals surface area contributed by atoms with Gasteiger partial charge in [-0.1, -0.05) is 0 Å². The number of methoxy groups -OCH3 is 1. The molecular weight excluding hydrogens is 212 g/mol. The highest BCUT2D eigenvalue weighted by molar-refractivity contribution is 5.87. The van der Waals surface area contributed by atoms with Crippen LogP contribution in [0.25, 0.3) is 0 Å². The Morgan fingerprint density at radius 3 is 3.12 bits per heavy atom. The minimum Gasteiger partial charge on any atom is -0.417 e. The number of nitrogens with two attached hydrogens (primary N) is 1. The molecule has 1 fully saturated rings. The standard InChI is InChI=1S/C9H14N4O3/c1-15-4-6-2-5(3-11-6)8-12-13-9(16-8)7(10)14/h5-6,11H,2-4H2,1H3,(H2,10,14)/t5-,6+/m1/s1. The summed E-state index contributed by atoms with van der Waals surface area (Å²) in [6, 6.07) is 0.291. The van der Waals surface area contributed by atoms with Gasteiger partial charge in [0, 0.05) is 19.7 Å². The first-order chi connectivity index (χ1) is 7.70. The van der Waals surface area contributed by atoms with Gasteiger partial charge in [-0.2, -0.15) is 0 Å². The second-order valence-corrected chi connectivity index (χ2v) is 3.80. The lowest BCUT2D eigenvalue weighted by atomic mass is 10.1. The number of primary amides is 1. The molecule has 2 rings (SSSR count). The Kier molecular flexibility index (Phi) is 3.16. The van der Waals surface area contributed by atoms with Gasteiger partial charge in [0.15, 0.2) is 0 Å². The van der Waals surface area contributed by atoms with E-state index in [1.807, 2.05) is 0 Å². The van der Waals surface area contributed by atoms with E-state index in [4.69, 9.17) is 14.9 Å². The molecule has 1 amide bonds. The van der Waals surface area contributed by atoms with Crippen LogP contribution in [0.4, 0.5) is 0 Å². The molecule has 16 heavy (non-hydrogen) atoms. The second kappa shape index (κ2) is 4.58. The van der Waals surface area contributed by atoms with E-state index in [1.54, 1.807) is 7.11 Å². The molecule has 7 heteroatoms. The summed E-state index contributed by atoms with van der Waals surface area (Å²) >= 11 is 0. The number of nitrogens with zero attached hydrogens (tertiary/aromatic N) is 2. The Bertz CT molecular complexity index is 379. The number of ether oxygens (including phenoxy) is 1. The summed E-state index contributed by atoms with van der Waals surface area (Å²) < 4.78 is 10.2. The zero-order valence-electron chi connectivity index (χ0n) is 8.97. The third kappa shape index (κ3) is 2.20. The number of carbonyl (C=O) groups is 1. The highest BCUT2D eigenvalue weighted by Crippen LogP contribution is 2.24. The molecule has 7 nitrogen and oxygen atoms in total. The Morgan fingerprint density at radius 2 is 2.50 bits per heavy atom. The highest BCUT2D eigenvalue weighted by atomic mass is 16.5. The van der Waals surface area contributed by atoms with Crippen LogP contribution in [0, 0.1) is 0 Å². The topological polar surface area (TPSA) is 103 Å². The molecule has 1 aliphatic rings. The molecule has 2 heterocycles. The van der Waals surface area contributed by atoms with Crippen LogP contribution in [-0.4, -0.2) is 42.4 Å². The summed E-state index contributed by atoms with van der Waals surface area (Å²) in [6.45, 7) is 1.39. The lowest BCUT2D eigenvalue weighted by Gasteiger charge is -2.06. The van der Waals surface area contributed by atoms with Gasteiger partial charge in [-0.25, -0.2) is 0 Å². The number of hydrogen-bond donors (Lipinski definition) is 2. The molecule has 3 N–H and O–H groups in total. The molecule has 2 atom stereocenters. The van der Waals surface area contributed by atoms with Crippen LogP contribution in [0.15, 0.2) is 4.42 Å². The Morgan fingerprint density at radius 1 is 1.69 bits per heavy atom. The third-order valence-corrected chi connectivity index (χ3v) is 2.59. The fourth-order valence-corrected chi connectivity index (χ4v) is 1.83. The second-order valence-electron chi connectivity index (χ2n) is 3.80. The van der Waals surface area contributed by atoms with Gasteiger partial charge in [0.2, 0.25) is 5.89 Å². The molecule has 0 unspecified atom stereocenters. The van der Waals surface area contributed by atoms with E-state index in [2.05, 4.69) is 15.5 Å². The maximum absolute atomic E-state index is 10.8. The normalized spacial score (nSPS) is 24.8. The maximum Gasteiger partial charge on any atom is 0.306 e. The number of amides is 1. The summed E-state index contributed by atoms with van der Waals surface area (Å²) in [5.74, 6) is -0.246. The fraction of sp³-hybridized carbons (Fsp3) is 0.667. The summed E-state index contributed by atoms with van der Waals surface area (Å²) in [5.41, 5.74) is 5.03. The molecule has 1 saturated heterocycles. The van der Waals surface area contributed by atoms with E-state index < -0.39 is 5.91 Å². The summed E-state index contributed by atoms with van der Waals surface area (Å²) in [5, 5.41) is 10.7. The van der Waals surface area contributed by atoms with Crippen molar-refractivity contribution in [1.29, 1.82) is 0 Å². The third-order valence-electron chi connectivity index (χ3n) is 2.59. The molecule has 0 spiro atoms. The SMILES string of the molecule is COC[C@@H]1C[C@@H](c2nnc(C(N)=O)o2)CN1. The molecule has 0 bridgehead atoms. The average molecular weight is 226 g/mol. The fourth-order valence-electron chi connectivity index (χ4n) is 1.83. The molecular formula is C9H14N4O3. The van der Waals surface area contributed by atoms with E-state index in [-0.39, 0.29) is 11.8 Å². The van der Waals surface area contributed by atoms with Gasteiger partial charge in [-0.05, 0) is 6.42 Å². The van der Waals surface area contributed by atoms with Crippen LogP contribution in [0.3, 0.4) is 0 Å². The number of nitrogens with one attached hydrogen (secondary N) is 1. The summed E-state index contributed by atoms with van der Waals surface area (Å²) in [6.07, 6.45) is 0.855. The van der Waals surface area contributed by atoms with E-state index in [0.29, 0.717) is 18.5 Å². The van der Waals surface area contributed by atoms with Crippen molar-refractivity contribution >= 4 is 5.91 Å². The van der Waals surface area contributed by atoms with Crippen molar-refractivity contribution in [3.63, 3.8) is 0 Å². The smallest absolute Gasteiger partial charge is 0.306 e. The van der Waals surface area contributed by atoms with Crippen molar-refractivity contribution in [2.45, 2.75) is 18.4 Å². The number of carbonyl (C=O) groups excluding carboxylic acids is 1. The van der Waals surface area contributed by atoms with Crippen LogP contribution in [-0.2, 0) is 4.74 Å². The monoisotopic (exact) mass is 226 g/mol. The zero-order chi connectivity index (χ0) is 11.5. The van der Waals surface area contributed by atoms with Gasteiger partial charge in [0.1, 0.15) is 0 Å². The van der Waals surface area contributed by atoms with Crippen molar-refractivity contribution in [3.05, 3.63) is 11.8 Å². The summed E-state index contributed by atoms with van der Waals surface area (Å²) in [7, 11) is 1.66. The van der Waals surface area contributed by atoms with Crippen molar-refractivity contribution in [3.8, 4) is 0 Å². The maximum atomic E-state index is 10.8. The number of rotatable bonds is 4. The Balaban J connectivity index is 2.00. The van der Waals surface area contributed by atoms with E-state index in [9.17, 15) is 4.79 Å². The minimum absolute atomic E-state index is 0.126. The van der Waals surface area contributed by atoms with E-state index in [1.165, 1.54) is 0 Å². The summed E-state index contributed by atoms with van der Waals surface area (Å²) in [4.78, 5) is 10.8. The van der Waals surface area contributed by atoms with Crippen LogP contribution >= 0.6 is 0 Å². The van der Waals surface area contributed by atoms with Gasteiger partial charge in [-0.3, -0.25) is 4.79 Å².